The normalized spacial score (nSPS) is 11.1. The van der Waals surface area contributed by atoms with E-state index >= 15 is 0 Å². The Hall–Kier alpha value is -5.01. The molecule has 0 amide bonds. The topological polar surface area (TPSA) is 154 Å². The van der Waals surface area contributed by atoms with Crippen LogP contribution in [0.5, 0.6) is 0 Å². The molecule has 2 aromatic carbocycles. The van der Waals surface area contributed by atoms with Gasteiger partial charge in [0, 0.05) is 46.4 Å². The molecule has 248 valence electrons. The minimum absolute atomic E-state index is 0. The van der Waals surface area contributed by atoms with Crippen molar-refractivity contribution in [3.63, 3.8) is 0 Å². The van der Waals surface area contributed by atoms with Crippen LogP contribution in [0.25, 0.3) is 22.9 Å². The van der Waals surface area contributed by atoms with E-state index in [-0.39, 0.29) is 59.7 Å². The maximum Gasteiger partial charge on any atom is 1.00 e. The summed E-state index contributed by atoms with van der Waals surface area (Å²) in [5.41, 5.74) is 0.367. The molecule has 0 aliphatic heterocycles. The minimum Gasteiger partial charge on any atom is -0.391 e. The zero-order valence-electron chi connectivity index (χ0n) is 27.0. The first-order chi connectivity index (χ1) is 23.6. The molecule has 0 aliphatic rings. The Morgan fingerprint density at radius 3 is 1.58 bits per heavy atom. The third kappa shape index (κ3) is 12.1. The number of carbonyl (C=O) groups excluding carboxylic acids is 1. The van der Waals surface area contributed by atoms with E-state index in [1.807, 2.05) is 12.1 Å². The van der Waals surface area contributed by atoms with Crippen LogP contribution >= 0.6 is 22.6 Å². The van der Waals surface area contributed by atoms with E-state index < -0.39 is 5.60 Å². The first kappa shape index (κ1) is 39.4. The van der Waals surface area contributed by atoms with E-state index in [4.69, 9.17) is 9.05 Å². The Bertz CT molecular complexity index is 1980. The summed E-state index contributed by atoms with van der Waals surface area (Å²) in [6.45, 7) is 2.92. The number of carbonyl (C=O) groups is 1. The number of benzene rings is 2. The molecule has 0 spiro atoms. The number of rotatable bonds is 5. The van der Waals surface area contributed by atoms with E-state index in [1.165, 1.54) is 59.0 Å². The predicted molar refractivity (Wildman–Crippen MR) is 182 cm³/mol. The van der Waals surface area contributed by atoms with Crippen LogP contribution in [0.2, 0.25) is 0 Å². The van der Waals surface area contributed by atoms with Gasteiger partial charge in [-0.3, -0.25) is 14.8 Å². The maximum atomic E-state index is 12.9. The van der Waals surface area contributed by atoms with Crippen molar-refractivity contribution in [2.75, 3.05) is 0 Å². The van der Waals surface area contributed by atoms with Crippen LogP contribution < -0.4 is 18.9 Å². The van der Waals surface area contributed by atoms with Gasteiger partial charge in [0.25, 0.3) is 11.8 Å². The second-order valence-electron chi connectivity index (χ2n) is 9.84. The molecule has 0 fully saturated rings. The number of hydrogen-bond donors (Lipinski definition) is 1. The average molecular weight is 781 g/mol. The first-order valence-electron chi connectivity index (χ1n) is 14.3. The van der Waals surface area contributed by atoms with Gasteiger partial charge in [0.05, 0.1) is 0 Å². The Morgan fingerprint density at radius 1 is 0.720 bits per heavy atom. The van der Waals surface area contributed by atoms with Crippen molar-refractivity contribution in [1.29, 1.82) is 0 Å². The van der Waals surface area contributed by atoms with Crippen LogP contribution in [0.1, 0.15) is 35.9 Å². The zero-order chi connectivity index (χ0) is 35.1. The minimum atomic E-state index is -1.40. The average Bonchev–Trinajstić information content (AvgIpc) is 3.84. The van der Waals surface area contributed by atoms with Crippen LogP contribution in [0.3, 0.4) is 0 Å². The quantitative estimate of drug-likeness (QED) is 0.116. The Balaban J connectivity index is 0.000000201. The number of aromatic nitrogens is 7. The van der Waals surface area contributed by atoms with Gasteiger partial charge in [-0.25, -0.2) is 8.78 Å². The number of halogens is 3. The van der Waals surface area contributed by atoms with Gasteiger partial charge in [-0.15, -0.1) is 0 Å². The van der Waals surface area contributed by atoms with Crippen molar-refractivity contribution in [3.8, 4) is 22.9 Å². The van der Waals surface area contributed by atoms with Crippen LogP contribution in [0, 0.1) is 21.3 Å². The van der Waals surface area contributed by atoms with Crippen LogP contribution in [-0.4, -0.2) is 46.1 Å². The van der Waals surface area contributed by atoms with Crippen molar-refractivity contribution in [1.82, 2.24) is 35.2 Å². The molecule has 1 unspecified atom stereocenters. The molecule has 0 radical (unpaired) electrons. The summed E-state index contributed by atoms with van der Waals surface area (Å²) in [4.78, 5) is 30.4. The molecule has 5 aromatic heterocycles. The fourth-order valence-electron chi connectivity index (χ4n) is 3.62. The summed E-state index contributed by atoms with van der Waals surface area (Å²) in [7, 11) is 0. The maximum absolute atomic E-state index is 12.9. The monoisotopic (exact) mass is 781 g/mol. The van der Waals surface area contributed by atoms with Crippen molar-refractivity contribution in [2.45, 2.75) is 19.4 Å². The molecule has 1 N–H and O–H groups in total. The standard InChI is InChI=1S/C15H12FN3O2.C10H7FN2O2.C5H4IN.C5H4N.Li/c1-15(20,11-6-8-17-9-7-11)14-18-13(21-19-14)10-2-4-12(16)5-3-10;1-6(14)9-12-10(15-13-9)7-2-4-8(11)5-3-7;6-5-1-3-7-4-2-5;1-2-4-6-5-3-1;/h2-9,20H,1H3;2-5H,1H3;1-4H;2-5H;/q;;;-1;+1. The van der Waals surface area contributed by atoms with E-state index in [9.17, 15) is 18.7 Å². The first-order valence-corrected chi connectivity index (χ1v) is 15.4. The van der Waals surface area contributed by atoms with Gasteiger partial charge < -0.3 is 19.1 Å². The largest absolute Gasteiger partial charge is 1.00 e. The molecule has 7 aromatic rings. The molecule has 7 rings (SSSR count). The van der Waals surface area contributed by atoms with Gasteiger partial charge >= 0.3 is 18.9 Å². The second-order valence-corrected chi connectivity index (χ2v) is 11.1. The van der Waals surface area contributed by atoms with Gasteiger partial charge in [0.1, 0.15) is 17.2 Å². The second kappa shape index (κ2) is 19.9. The summed E-state index contributed by atoms with van der Waals surface area (Å²) in [5, 5.41) is 17.9. The third-order valence-corrected chi connectivity index (χ3v) is 6.90. The smallest absolute Gasteiger partial charge is 0.391 e. The third-order valence-electron chi connectivity index (χ3n) is 6.18. The number of hydrogen-bond acceptors (Lipinski definition) is 11. The van der Waals surface area contributed by atoms with Gasteiger partial charge in [0.15, 0.2) is 0 Å². The van der Waals surface area contributed by atoms with Gasteiger partial charge in [-0.1, -0.05) is 22.7 Å². The molecule has 0 saturated carbocycles. The molecule has 0 saturated heterocycles. The van der Waals surface area contributed by atoms with Crippen LogP contribution in [0.15, 0.2) is 131 Å². The van der Waals surface area contributed by atoms with Gasteiger partial charge in [-0.2, -0.15) is 28.2 Å². The molecular weight excluding hydrogens is 754 g/mol. The fraction of sp³-hybridized carbons (Fsp3) is 0.0857. The molecule has 0 bridgehead atoms. The summed E-state index contributed by atoms with van der Waals surface area (Å²) in [6.07, 6.45) is 10.1. The summed E-state index contributed by atoms with van der Waals surface area (Å²) in [5.74, 6) is -0.374. The molecule has 0 aliphatic carbocycles. The van der Waals surface area contributed by atoms with E-state index in [0.29, 0.717) is 16.7 Å². The molecule has 50 heavy (non-hydrogen) atoms. The Kier molecular flexibility index (Phi) is 15.7. The number of aliphatic hydroxyl groups is 1. The van der Waals surface area contributed by atoms with Gasteiger partial charge in [0.2, 0.25) is 17.4 Å². The number of Topliss-reactive ketones (excluding diaryl/α,β-unsaturated/α-hetero) is 1. The number of nitrogens with zero attached hydrogens (tertiary/aromatic N) is 7. The Labute approximate surface area is 311 Å². The van der Waals surface area contributed by atoms with Crippen molar-refractivity contribution in [2.24, 2.45) is 0 Å². The fourth-order valence-corrected chi connectivity index (χ4v) is 3.95. The summed E-state index contributed by atoms with van der Waals surface area (Å²) >= 11 is 2.24. The van der Waals surface area contributed by atoms with Crippen molar-refractivity contribution < 1.29 is 46.6 Å². The van der Waals surface area contributed by atoms with Crippen molar-refractivity contribution in [3.05, 3.63) is 161 Å². The van der Waals surface area contributed by atoms with E-state index in [1.54, 1.807) is 68.4 Å². The van der Waals surface area contributed by atoms with Gasteiger partial charge in [-0.05, 0) is 108 Å². The SMILES string of the molecule is CC(=O)c1noc(-c2ccc(F)cc2)n1.CC(O)(c1ccncc1)c1noc(-c2ccc(F)cc2)n1.Ic1ccncc1.[Li+].[c-]1ccncc1. The zero-order valence-corrected chi connectivity index (χ0v) is 29.1. The molecule has 15 heteroatoms. The van der Waals surface area contributed by atoms with Crippen LogP contribution in [0.4, 0.5) is 8.78 Å². The number of pyridine rings is 3. The molecule has 1 atom stereocenters. The van der Waals surface area contributed by atoms with Crippen molar-refractivity contribution >= 4 is 28.4 Å². The predicted octanol–water partition coefficient (Wildman–Crippen LogP) is 4.18. The molecule has 11 nitrogen and oxygen atoms in total. The summed E-state index contributed by atoms with van der Waals surface area (Å²) < 4.78 is 36.7. The summed E-state index contributed by atoms with van der Waals surface area (Å²) in [6, 6.07) is 24.9. The number of ketones is 1. The Morgan fingerprint density at radius 2 is 1.18 bits per heavy atom. The van der Waals surface area contributed by atoms with Crippen LogP contribution in [-0.2, 0) is 5.60 Å². The molecular formula is C35H27F2ILiN7O4. The van der Waals surface area contributed by atoms with E-state index in [2.05, 4.69) is 63.9 Å². The molecule has 5 heterocycles. The van der Waals surface area contributed by atoms with E-state index in [0.717, 1.165) is 0 Å².